The summed E-state index contributed by atoms with van der Waals surface area (Å²) in [6, 6.07) is 0. The van der Waals surface area contributed by atoms with Crippen LogP contribution >= 0.6 is 54.5 Å². The molecule has 6 heteroatoms. The van der Waals surface area contributed by atoms with Gasteiger partial charge in [-0.3, -0.25) is 9.59 Å². The number of hydrogen-bond donors (Lipinski definition) is 0. The van der Waals surface area contributed by atoms with E-state index in [1.54, 1.807) is 22.7 Å². The number of thiophene rings is 2. The largest absolute Gasteiger partial charge is 0.285 e. The van der Waals surface area contributed by atoms with Crippen LogP contribution in [-0.4, -0.2) is 11.6 Å². The minimum atomic E-state index is -0.291. The van der Waals surface area contributed by atoms with Crippen molar-refractivity contribution in [3.05, 3.63) is 29.8 Å². The second kappa shape index (κ2) is 19.1. The minimum Gasteiger partial charge on any atom is -0.285 e. The Balaban J connectivity index is 1.50. The third-order valence-electron chi connectivity index (χ3n) is 8.34. The van der Waals surface area contributed by atoms with Crippen molar-refractivity contribution in [2.75, 3.05) is 0 Å². The molecule has 0 fully saturated rings. The molecule has 1 aliphatic rings. The molecule has 3 rings (SSSR count). The van der Waals surface area contributed by atoms with Crippen molar-refractivity contribution in [3.8, 4) is 9.75 Å². The number of fused-ring (bicyclic) bond motifs is 3. The Kier molecular flexibility index (Phi) is 16.3. The maximum absolute atomic E-state index is 13.4. The van der Waals surface area contributed by atoms with Crippen LogP contribution in [-0.2, 0) is 12.8 Å². The SMILES string of the molecule is CCCCCCCCCCCCc1c(Br)sc2c1C(=O)C(=O)c1c-2sc(Br)c1CCCCCCCCCCCC. The van der Waals surface area contributed by atoms with Gasteiger partial charge in [-0.05, 0) is 68.7 Å². The second-order valence-electron chi connectivity index (χ2n) is 11.6. The molecule has 2 nitrogen and oxygen atoms in total. The van der Waals surface area contributed by atoms with Gasteiger partial charge in [0.1, 0.15) is 0 Å². The van der Waals surface area contributed by atoms with Crippen LogP contribution in [0.5, 0.6) is 0 Å². The van der Waals surface area contributed by atoms with Crippen LogP contribution in [0.15, 0.2) is 7.57 Å². The number of carbonyl (C=O) groups is 2. The van der Waals surface area contributed by atoms with Crippen LogP contribution < -0.4 is 0 Å². The van der Waals surface area contributed by atoms with E-state index in [-0.39, 0.29) is 11.6 Å². The molecule has 0 saturated heterocycles. The standard InChI is InChI=1S/C34H50Br2O2S2/c1-3-5-7-9-11-13-15-17-19-21-23-25-27-29(37)30(38)28-26(34(36)40-32(28)31(27)39-33(25)35)24-22-20-18-16-14-12-10-8-6-4-2/h3-24H2,1-2H3. The summed E-state index contributed by atoms with van der Waals surface area (Å²) in [5, 5.41) is 0. The molecular formula is C34H50Br2O2S2. The van der Waals surface area contributed by atoms with E-state index in [1.165, 1.54) is 116 Å². The van der Waals surface area contributed by atoms with E-state index in [4.69, 9.17) is 0 Å². The lowest BCUT2D eigenvalue weighted by atomic mass is 9.88. The molecule has 0 aliphatic heterocycles. The van der Waals surface area contributed by atoms with Gasteiger partial charge in [-0.2, -0.15) is 0 Å². The molecule has 0 spiro atoms. The number of carbonyl (C=O) groups excluding carboxylic acids is 2. The molecule has 0 saturated carbocycles. The van der Waals surface area contributed by atoms with E-state index in [9.17, 15) is 9.59 Å². The van der Waals surface area contributed by atoms with Gasteiger partial charge in [0, 0.05) is 11.1 Å². The highest BCUT2D eigenvalue weighted by Crippen LogP contribution is 2.51. The highest BCUT2D eigenvalue weighted by atomic mass is 79.9. The van der Waals surface area contributed by atoms with Crippen molar-refractivity contribution in [1.82, 2.24) is 0 Å². The first-order valence-corrected chi connectivity index (χ1v) is 19.4. The third-order valence-corrected chi connectivity index (χ3v) is 12.5. The van der Waals surface area contributed by atoms with E-state index in [0.717, 1.165) is 54.1 Å². The average Bonchev–Trinajstić information content (AvgIpc) is 3.45. The van der Waals surface area contributed by atoms with Gasteiger partial charge in [-0.15, -0.1) is 22.7 Å². The van der Waals surface area contributed by atoms with E-state index >= 15 is 0 Å². The first-order chi connectivity index (χ1) is 19.5. The zero-order valence-corrected chi connectivity index (χ0v) is 29.8. The molecule has 0 unspecified atom stereocenters. The summed E-state index contributed by atoms with van der Waals surface area (Å²) < 4.78 is 2.06. The monoisotopic (exact) mass is 712 g/mol. The molecule has 0 N–H and O–H groups in total. The second-order valence-corrected chi connectivity index (χ2v) is 16.3. The summed E-state index contributed by atoms with van der Waals surface area (Å²) in [6.07, 6.45) is 27.6. The first kappa shape index (κ1) is 34.2. The Hall–Kier alpha value is -0.300. The van der Waals surface area contributed by atoms with Gasteiger partial charge in [0.15, 0.2) is 0 Å². The lowest BCUT2D eigenvalue weighted by Crippen LogP contribution is -2.21. The zero-order chi connectivity index (χ0) is 28.7. The van der Waals surface area contributed by atoms with Gasteiger partial charge in [0.25, 0.3) is 0 Å². The molecule has 0 amide bonds. The summed E-state index contributed by atoms with van der Waals surface area (Å²) in [4.78, 5) is 28.9. The van der Waals surface area contributed by atoms with Gasteiger partial charge >= 0.3 is 0 Å². The van der Waals surface area contributed by atoms with Gasteiger partial charge in [0.05, 0.1) is 17.3 Å². The van der Waals surface area contributed by atoms with Gasteiger partial charge in [-0.1, -0.05) is 129 Å². The smallest absolute Gasteiger partial charge is 0.235 e. The van der Waals surface area contributed by atoms with E-state index in [1.807, 2.05) is 0 Å². The molecule has 0 aromatic carbocycles. The summed E-state index contributed by atoms with van der Waals surface area (Å²) in [5.41, 5.74) is 3.49. The van der Waals surface area contributed by atoms with E-state index < -0.39 is 0 Å². The highest BCUT2D eigenvalue weighted by molar-refractivity contribution is 9.11. The summed E-state index contributed by atoms with van der Waals surface area (Å²) >= 11 is 10.8. The quantitative estimate of drug-likeness (QED) is 0.0899. The molecule has 224 valence electrons. The fourth-order valence-corrected chi connectivity index (χ4v) is 9.98. The van der Waals surface area contributed by atoms with Gasteiger partial charge in [-0.25, -0.2) is 0 Å². The summed E-state index contributed by atoms with van der Waals surface area (Å²) in [5.74, 6) is -0.581. The van der Waals surface area contributed by atoms with Crippen LogP contribution in [0.4, 0.5) is 0 Å². The number of Topliss-reactive ketones (excluding diaryl/α,β-unsaturated/α-hetero) is 2. The topological polar surface area (TPSA) is 34.1 Å². The van der Waals surface area contributed by atoms with Crippen molar-refractivity contribution in [1.29, 1.82) is 0 Å². The predicted octanol–water partition coefficient (Wildman–Crippen LogP) is 13.3. The molecule has 0 atom stereocenters. The van der Waals surface area contributed by atoms with Crippen molar-refractivity contribution < 1.29 is 9.59 Å². The molecule has 2 heterocycles. The van der Waals surface area contributed by atoms with Crippen molar-refractivity contribution >= 4 is 66.1 Å². The molecule has 2 aromatic heterocycles. The van der Waals surface area contributed by atoms with E-state index in [2.05, 4.69) is 45.7 Å². The average molecular weight is 715 g/mol. The van der Waals surface area contributed by atoms with Crippen LogP contribution in [0.25, 0.3) is 9.75 Å². The van der Waals surface area contributed by atoms with Crippen molar-refractivity contribution in [2.45, 2.75) is 155 Å². The number of hydrogen-bond acceptors (Lipinski definition) is 4. The maximum atomic E-state index is 13.4. The Morgan fingerprint density at radius 1 is 0.450 bits per heavy atom. The molecule has 40 heavy (non-hydrogen) atoms. The fraction of sp³-hybridized carbons (Fsp3) is 0.706. The highest BCUT2D eigenvalue weighted by Gasteiger charge is 2.39. The molecule has 0 radical (unpaired) electrons. The Bertz CT molecular complexity index is 984. The third kappa shape index (κ3) is 9.88. The van der Waals surface area contributed by atoms with Crippen LogP contribution in [0.3, 0.4) is 0 Å². The predicted molar refractivity (Wildman–Crippen MR) is 183 cm³/mol. The van der Waals surface area contributed by atoms with Crippen LogP contribution in [0.2, 0.25) is 0 Å². The lowest BCUT2D eigenvalue weighted by molar-refractivity contribution is 0.0815. The zero-order valence-electron chi connectivity index (χ0n) is 24.9. The normalized spacial score (nSPS) is 12.8. The first-order valence-electron chi connectivity index (χ1n) is 16.2. The maximum Gasteiger partial charge on any atom is 0.235 e. The molecule has 0 bridgehead atoms. The number of halogens is 2. The number of ketones is 2. The number of unbranched alkanes of at least 4 members (excludes halogenated alkanes) is 18. The molecule has 1 aliphatic carbocycles. The Morgan fingerprint density at radius 2 is 0.725 bits per heavy atom. The minimum absolute atomic E-state index is 0.291. The van der Waals surface area contributed by atoms with E-state index in [0.29, 0.717) is 11.1 Å². The van der Waals surface area contributed by atoms with Crippen molar-refractivity contribution in [3.63, 3.8) is 0 Å². The van der Waals surface area contributed by atoms with Crippen LogP contribution in [0, 0.1) is 0 Å². The van der Waals surface area contributed by atoms with Crippen molar-refractivity contribution in [2.24, 2.45) is 0 Å². The number of rotatable bonds is 22. The Morgan fingerprint density at radius 3 is 1.02 bits per heavy atom. The fourth-order valence-electron chi connectivity index (χ4n) is 5.93. The van der Waals surface area contributed by atoms with Crippen LogP contribution in [0.1, 0.15) is 174 Å². The Labute approximate surface area is 268 Å². The molecule has 2 aromatic rings. The van der Waals surface area contributed by atoms with Gasteiger partial charge < -0.3 is 0 Å². The van der Waals surface area contributed by atoms with Gasteiger partial charge in [0.2, 0.25) is 11.6 Å². The summed E-state index contributed by atoms with van der Waals surface area (Å²) in [6.45, 7) is 4.53. The lowest BCUT2D eigenvalue weighted by Gasteiger charge is -2.14. The summed E-state index contributed by atoms with van der Waals surface area (Å²) in [7, 11) is 0. The molecular weight excluding hydrogens is 664 g/mol.